The van der Waals surface area contributed by atoms with Crippen LogP contribution >= 0.6 is 23.1 Å². The predicted molar refractivity (Wildman–Crippen MR) is 55.5 cm³/mol. The molecule has 0 bridgehead atoms. The van der Waals surface area contributed by atoms with E-state index in [1.165, 1.54) is 11.3 Å². The van der Waals surface area contributed by atoms with E-state index in [0.29, 0.717) is 21.6 Å². The molecule has 0 aliphatic carbocycles. The number of aromatic carboxylic acids is 1. The number of hydrogen-bond acceptors (Lipinski definition) is 4. The van der Waals surface area contributed by atoms with Crippen molar-refractivity contribution >= 4 is 29.1 Å². The van der Waals surface area contributed by atoms with Crippen LogP contribution in [0.1, 0.15) is 29.2 Å². The first-order chi connectivity index (χ1) is 6.11. The van der Waals surface area contributed by atoms with E-state index in [0.717, 1.165) is 0 Å². The van der Waals surface area contributed by atoms with Crippen molar-refractivity contribution in [2.24, 2.45) is 0 Å². The lowest BCUT2D eigenvalue weighted by Gasteiger charge is -2.02. The molecule has 0 saturated carbocycles. The number of hydrogen-bond donors (Lipinski definition) is 1. The van der Waals surface area contributed by atoms with Gasteiger partial charge >= 0.3 is 5.97 Å². The standard InChI is InChI=1S/C8H11NO2S2/c1-5(2)12-3-6-7(8(10)11)13-4-9-6/h4-5H,3H2,1-2H3,(H,10,11). The van der Waals surface area contributed by atoms with E-state index >= 15 is 0 Å². The third-order valence-electron chi connectivity index (χ3n) is 1.39. The fraction of sp³-hybridized carbons (Fsp3) is 0.500. The van der Waals surface area contributed by atoms with Gasteiger partial charge in [-0.25, -0.2) is 9.78 Å². The van der Waals surface area contributed by atoms with Crippen LogP contribution in [0.15, 0.2) is 5.51 Å². The van der Waals surface area contributed by atoms with Crippen LogP contribution in [0.5, 0.6) is 0 Å². The van der Waals surface area contributed by atoms with E-state index in [1.54, 1.807) is 17.3 Å². The molecule has 0 saturated heterocycles. The van der Waals surface area contributed by atoms with Crippen LogP contribution in [0.25, 0.3) is 0 Å². The summed E-state index contributed by atoms with van der Waals surface area (Å²) in [6.07, 6.45) is 0. The van der Waals surface area contributed by atoms with Gasteiger partial charge in [-0.15, -0.1) is 11.3 Å². The van der Waals surface area contributed by atoms with Crippen LogP contribution in [0.2, 0.25) is 0 Å². The Bertz CT molecular complexity index is 296. The number of carboxylic acid groups (broad SMARTS) is 1. The summed E-state index contributed by atoms with van der Waals surface area (Å²) in [6, 6.07) is 0. The van der Waals surface area contributed by atoms with Gasteiger partial charge in [0.15, 0.2) is 0 Å². The van der Waals surface area contributed by atoms with Crippen molar-refractivity contribution < 1.29 is 9.90 Å². The molecule has 0 spiro atoms. The van der Waals surface area contributed by atoms with E-state index in [-0.39, 0.29) is 0 Å². The summed E-state index contributed by atoms with van der Waals surface area (Å²) < 4.78 is 0. The molecule has 0 atom stereocenters. The van der Waals surface area contributed by atoms with Gasteiger partial charge in [0.25, 0.3) is 0 Å². The molecule has 0 fully saturated rings. The highest BCUT2D eigenvalue weighted by Crippen LogP contribution is 2.21. The molecule has 0 radical (unpaired) electrons. The Hall–Kier alpha value is -0.550. The molecule has 1 aromatic heterocycles. The molecule has 1 heterocycles. The summed E-state index contributed by atoms with van der Waals surface area (Å²) in [6.45, 7) is 4.16. The molecule has 72 valence electrons. The quantitative estimate of drug-likeness (QED) is 0.841. The molecule has 0 aliphatic rings. The van der Waals surface area contributed by atoms with E-state index in [9.17, 15) is 4.79 Å². The van der Waals surface area contributed by atoms with Gasteiger partial charge in [-0.3, -0.25) is 0 Å². The molecule has 0 aromatic carbocycles. The van der Waals surface area contributed by atoms with Crippen molar-refractivity contribution in [2.75, 3.05) is 0 Å². The van der Waals surface area contributed by atoms with Crippen molar-refractivity contribution in [3.05, 3.63) is 16.1 Å². The first-order valence-corrected chi connectivity index (χ1v) is 5.81. The Balaban J connectivity index is 2.65. The first-order valence-electron chi connectivity index (χ1n) is 3.88. The smallest absolute Gasteiger partial charge is 0.347 e. The van der Waals surface area contributed by atoms with Gasteiger partial charge in [-0.2, -0.15) is 11.8 Å². The lowest BCUT2D eigenvalue weighted by Crippen LogP contribution is -1.99. The Morgan fingerprint density at radius 1 is 1.77 bits per heavy atom. The number of rotatable bonds is 4. The number of thiazole rings is 1. The van der Waals surface area contributed by atoms with Gasteiger partial charge in [-0.1, -0.05) is 13.8 Å². The zero-order valence-electron chi connectivity index (χ0n) is 7.48. The minimum Gasteiger partial charge on any atom is -0.477 e. The molecule has 1 N–H and O–H groups in total. The number of carboxylic acids is 1. The topological polar surface area (TPSA) is 50.2 Å². The SMILES string of the molecule is CC(C)SCc1ncsc1C(=O)O. The molecule has 0 aliphatic heterocycles. The summed E-state index contributed by atoms with van der Waals surface area (Å²) in [5.41, 5.74) is 2.27. The van der Waals surface area contributed by atoms with E-state index in [1.807, 2.05) is 0 Å². The molecule has 5 heteroatoms. The minimum absolute atomic E-state index is 0.369. The van der Waals surface area contributed by atoms with Crippen LogP contribution in [-0.2, 0) is 5.75 Å². The van der Waals surface area contributed by atoms with Gasteiger partial charge < -0.3 is 5.11 Å². The maximum Gasteiger partial charge on any atom is 0.347 e. The van der Waals surface area contributed by atoms with Crippen LogP contribution in [0.4, 0.5) is 0 Å². The van der Waals surface area contributed by atoms with Crippen molar-refractivity contribution in [3.8, 4) is 0 Å². The Morgan fingerprint density at radius 2 is 2.46 bits per heavy atom. The fourth-order valence-electron chi connectivity index (χ4n) is 0.792. The minimum atomic E-state index is -0.873. The van der Waals surface area contributed by atoms with Crippen molar-refractivity contribution in [1.82, 2.24) is 4.98 Å². The van der Waals surface area contributed by atoms with E-state index in [4.69, 9.17) is 5.11 Å². The Morgan fingerprint density at radius 3 is 3.00 bits per heavy atom. The van der Waals surface area contributed by atoms with Crippen molar-refractivity contribution in [3.63, 3.8) is 0 Å². The second-order valence-electron chi connectivity index (χ2n) is 2.79. The molecule has 3 nitrogen and oxygen atoms in total. The zero-order chi connectivity index (χ0) is 9.84. The predicted octanol–water partition coefficient (Wildman–Crippen LogP) is 2.48. The largest absolute Gasteiger partial charge is 0.477 e. The van der Waals surface area contributed by atoms with Crippen LogP contribution in [0.3, 0.4) is 0 Å². The third kappa shape index (κ3) is 3.00. The van der Waals surface area contributed by atoms with E-state index < -0.39 is 5.97 Å². The average molecular weight is 217 g/mol. The summed E-state index contributed by atoms with van der Waals surface area (Å²) >= 11 is 2.89. The molecular formula is C8H11NO2S2. The molecule has 1 aromatic rings. The number of thioether (sulfide) groups is 1. The first kappa shape index (κ1) is 10.5. The van der Waals surface area contributed by atoms with Crippen LogP contribution in [-0.4, -0.2) is 21.3 Å². The Kier molecular flexibility index (Phi) is 3.74. The average Bonchev–Trinajstić information content (AvgIpc) is 2.47. The molecular weight excluding hydrogens is 206 g/mol. The van der Waals surface area contributed by atoms with Crippen molar-refractivity contribution in [2.45, 2.75) is 24.9 Å². The lowest BCUT2D eigenvalue weighted by atomic mass is 10.4. The fourth-order valence-corrected chi connectivity index (χ4v) is 2.24. The number of carbonyl (C=O) groups is 1. The number of aromatic nitrogens is 1. The third-order valence-corrected chi connectivity index (χ3v) is 3.35. The van der Waals surface area contributed by atoms with Gasteiger partial charge in [-0.05, 0) is 5.25 Å². The zero-order valence-corrected chi connectivity index (χ0v) is 9.11. The Labute approximate surface area is 85.2 Å². The summed E-state index contributed by atoms with van der Waals surface area (Å²) in [7, 11) is 0. The lowest BCUT2D eigenvalue weighted by molar-refractivity contribution is 0.0701. The molecule has 0 amide bonds. The van der Waals surface area contributed by atoms with Gasteiger partial charge in [0, 0.05) is 5.75 Å². The summed E-state index contributed by atoms with van der Waals surface area (Å²) in [4.78, 5) is 15.1. The van der Waals surface area contributed by atoms with Crippen molar-refractivity contribution in [1.29, 1.82) is 0 Å². The van der Waals surface area contributed by atoms with Gasteiger partial charge in [0.2, 0.25) is 0 Å². The van der Waals surface area contributed by atoms with Gasteiger partial charge in [0.05, 0.1) is 11.2 Å². The highest BCUT2D eigenvalue weighted by molar-refractivity contribution is 7.99. The second-order valence-corrected chi connectivity index (χ2v) is 5.21. The highest BCUT2D eigenvalue weighted by Gasteiger charge is 2.13. The molecule has 1 rings (SSSR count). The number of nitrogens with zero attached hydrogens (tertiary/aromatic N) is 1. The van der Waals surface area contributed by atoms with Crippen LogP contribution in [0, 0.1) is 0 Å². The highest BCUT2D eigenvalue weighted by atomic mass is 32.2. The van der Waals surface area contributed by atoms with E-state index in [2.05, 4.69) is 18.8 Å². The second kappa shape index (κ2) is 4.62. The van der Waals surface area contributed by atoms with Crippen LogP contribution < -0.4 is 0 Å². The maximum absolute atomic E-state index is 10.7. The molecule has 13 heavy (non-hydrogen) atoms. The summed E-state index contributed by atoms with van der Waals surface area (Å²) in [5.74, 6) is -0.190. The summed E-state index contributed by atoms with van der Waals surface area (Å²) in [5, 5.41) is 9.28. The molecule has 0 unspecified atom stereocenters. The maximum atomic E-state index is 10.7. The van der Waals surface area contributed by atoms with Gasteiger partial charge in [0.1, 0.15) is 4.88 Å². The normalized spacial score (nSPS) is 10.7. The monoisotopic (exact) mass is 217 g/mol.